The molecule has 0 aromatic heterocycles. The van der Waals surface area contributed by atoms with E-state index in [0.717, 1.165) is 43.7 Å². The standard InChI is InChI=1S/C18H23NO3/c1-19-8-7-18-11-4-5-13(20)17(18)22-16-14(21-2)6-3-10(15(16)18)9-12(11)19/h3,6,11-13,17,20H,4-5,7-9H2,1-2H3/t11-,12+,13?,17-,18-/m0/s1. The quantitative estimate of drug-likeness (QED) is 0.858. The second kappa shape index (κ2) is 4.18. The maximum absolute atomic E-state index is 10.6. The Balaban J connectivity index is 1.80. The number of rotatable bonds is 1. The molecule has 4 nitrogen and oxygen atoms in total. The van der Waals surface area contributed by atoms with E-state index in [2.05, 4.69) is 18.0 Å². The number of ether oxygens (including phenoxy) is 2. The lowest BCUT2D eigenvalue weighted by atomic mass is 9.51. The molecule has 118 valence electrons. The summed E-state index contributed by atoms with van der Waals surface area (Å²) in [7, 11) is 3.96. The van der Waals surface area contributed by atoms with E-state index in [0.29, 0.717) is 12.0 Å². The molecule has 4 heteroatoms. The van der Waals surface area contributed by atoms with Gasteiger partial charge in [0.25, 0.3) is 0 Å². The zero-order valence-corrected chi connectivity index (χ0v) is 13.2. The van der Waals surface area contributed by atoms with Gasteiger partial charge in [-0.05, 0) is 56.8 Å². The first-order valence-corrected chi connectivity index (χ1v) is 8.42. The molecule has 2 fully saturated rings. The average molecular weight is 301 g/mol. The Morgan fingerprint density at radius 2 is 2.23 bits per heavy atom. The predicted octanol–water partition coefficient (Wildman–Crippen LogP) is 1.73. The average Bonchev–Trinajstić information content (AvgIpc) is 2.88. The van der Waals surface area contributed by atoms with Gasteiger partial charge in [0.2, 0.25) is 0 Å². The molecule has 22 heavy (non-hydrogen) atoms. The third-order valence-corrected chi connectivity index (χ3v) is 6.77. The summed E-state index contributed by atoms with van der Waals surface area (Å²) in [5, 5.41) is 10.6. The van der Waals surface area contributed by atoms with Crippen molar-refractivity contribution in [1.82, 2.24) is 4.90 Å². The first-order valence-electron chi connectivity index (χ1n) is 8.42. The van der Waals surface area contributed by atoms with Gasteiger partial charge in [0.15, 0.2) is 11.5 Å². The van der Waals surface area contributed by atoms with Crippen LogP contribution in [0.15, 0.2) is 12.1 Å². The highest BCUT2D eigenvalue weighted by Crippen LogP contribution is 2.63. The molecular weight excluding hydrogens is 278 g/mol. The minimum Gasteiger partial charge on any atom is -0.493 e. The molecule has 1 saturated carbocycles. The number of likely N-dealkylation sites (tertiary alicyclic amines) is 1. The molecule has 2 heterocycles. The molecule has 1 N–H and O–H groups in total. The normalized spacial score (nSPS) is 41.8. The van der Waals surface area contributed by atoms with Crippen molar-refractivity contribution in [3.05, 3.63) is 23.3 Å². The lowest BCUT2D eigenvalue weighted by molar-refractivity contribution is -0.0993. The third-order valence-electron chi connectivity index (χ3n) is 6.77. The van der Waals surface area contributed by atoms with E-state index in [1.165, 1.54) is 11.1 Å². The molecule has 1 unspecified atom stereocenters. The van der Waals surface area contributed by atoms with Gasteiger partial charge in [-0.1, -0.05) is 6.07 Å². The second-order valence-electron chi connectivity index (χ2n) is 7.46. The van der Waals surface area contributed by atoms with Crippen molar-refractivity contribution in [2.75, 3.05) is 20.7 Å². The number of methoxy groups -OCH3 is 1. The highest BCUT2D eigenvalue weighted by atomic mass is 16.5. The van der Waals surface area contributed by atoms with Gasteiger partial charge in [-0.15, -0.1) is 0 Å². The van der Waals surface area contributed by atoms with Crippen LogP contribution in [-0.2, 0) is 11.8 Å². The van der Waals surface area contributed by atoms with Crippen molar-refractivity contribution < 1.29 is 14.6 Å². The molecule has 5 atom stereocenters. The molecule has 2 bridgehead atoms. The van der Waals surface area contributed by atoms with Crippen molar-refractivity contribution in [2.24, 2.45) is 5.92 Å². The first kappa shape index (κ1) is 13.2. The maximum atomic E-state index is 10.6. The molecule has 1 saturated heterocycles. The van der Waals surface area contributed by atoms with Gasteiger partial charge < -0.3 is 19.5 Å². The topological polar surface area (TPSA) is 41.9 Å². The predicted molar refractivity (Wildman–Crippen MR) is 82.6 cm³/mol. The fraction of sp³-hybridized carbons (Fsp3) is 0.667. The first-order chi connectivity index (χ1) is 10.7. The summed E-state index contributed by atoms with van der Waals surface area (Å²) < 4.78 is 11.9. The van der Waals surface area contributed by atoms with Gasteiger partial charge in [-0.25, -0.2) is 0 Å². The van der Waals surface area contributed by atoms with E-state index in [1.807, 2.05) is 6.07 Å². The molecule has 5 rings (SSSR count). The number of piperidine rings is 1. The summed E-state index contributed by atoms with van der Waals surface area (Å²) in [5.41, 5.74) is 2.77. The van der Waals surface area contributed by atoms with E-state index in [1.54, 1.807) is 7.11 Å². The van der Waals surface area contributed by atoms with Gasteiger partial charge in [-0.3, -0.25) is 0 Å². The Bertz CT molecular complexity index is 645. The van der Waals surface area contributed by atoms with E-state index < -0.39 is 0 Å². The number of likely N-dealkylation sites (N-methyl/N-ethyl adjacent to an activating group) is 1. The number of aliphatic hydroxyl groups is 1. The van der Waals surface area contributed by atoms with Gasteiger partial charge >= 0.3 is 0 Å². The maximum Gasteiger partial charge on any atom is 0.165 e. The fourth-order valence-corrected chi connectivity index (χ4v) is 5.86. The Morgan fingerprint density at radius 1 is 1.36 bits per heavy atom. The van der Waals surface area contributed by atoms with Crippen molar-refractivity contribution in [3.63, 3.8) is 0 Å². The summed E-state index contributed by atoms with van der Waals surface area (Å²) in [6.45, 7) is 1.09. The number of hydrogen-bond donors (Lipinski definition) is 1. The third kappa shape index (κ3) is 1.32. The number of hydrogen-bond acceptors (Lipinski definition) is 4. The molecule has 1 spiro atoms. The monoisotopic (exact) mass is 301 g/mol. The second-order valence-corrected chi connectivity index (χ2v) is 7.46. The van der Waals surface area contributed by atoms with Crippen LogP contribution in [0, 0.1) is 5.92 Å². The number of aliphatic hydroxyl groups excluding tert-OH is 1. The molecule has 1 aromatic carbocycles. The Morgan fingerprint density at radius 3 is 3.05 bits per heavy atom. The van der Waals surface area contributed by atoms with Crippen LogP contribution in [0.4, 0.5) is 0 Å². The van der Waals surface area contributed by atoms with Crippen molar-refractivity contribution in [3.8, 4) is 11.5 Å². The van der Waals surface area contributed by atoms with Crippen molar-refractivity contribution >= 4 is 0 Å². The SMILES string of the molecule is COc1ccc2c3c1O[C@H]1C(O)CC[C@H]4[C@@H](C2)N(C)CC[C@]314. The van der Waals surface area contributed by atoms with Gasteiger partial charge in [-0.2, -0.15) is 0 Å². The van der Waals surface area contributed by atoms with E-state index in [4.69, 9.17) is 9.47 Å². The van der Waals surface area contributed by atoms with Gasteiger partial charge in [0.05, 0.1) is 13.2 Å². The minimum atomic E-state index is -0.358. The summed E-state index contributed by atoms with van der Waals surface area (Å²) >= 11 is 0. The Kier molecular flexibility index (Phi) is 2.51. The number of nitrogens with zero attached hydrogens (tertiary/aromatic N) is 1. The van der Waals surface area contributed by atoms with Crippen molar-refractivity contribution in [1.29, 1.82) is 0 Å². The van der Waals surface area contributed by atoms with Crippen LogP contribution in [0.2, 0.25) is 0 Å². The molecule has 0 amide bonds. The van der Waals surface area contributed by atoms with Crippen LogP contribution in [0.5, 0.6) is 11.5 Å². The van der Waals surface area contributed by atoms with E-state index in [-0.39, 0.29) is 17.6 Å². The van der Waals surface area contributed by atoms with E-state index in [9.17, 15) is 5.11 Å². The summed E-state index contributed by atoms with van der Waals surface area (Å²) in [6.07, 6.45) is 3.69. The zero-order valence-electron chi connectivity index (χ0n) is 13.2. The molecule has 2 aliphatic heterocycles. The van der Waals surface area contributed by atoms with Crippen LogP contribution in [-0.4, -0.2) is 49.0 Å². The minimum absolute atomic E-state index is 0.00625. The van der Waals surface area contributed by atoms with Gasteiger partial charge in [0.1, 0.15) is 6.10 Å². The lowest BCUT2D eigenvalue weighted by Crippen LogP contribution is -2.66. The van der Waals surface area contributed by atoms with Crippen LogP contribution < -0.4 is 9.47 Å². The summed E-state index contributed by atoms with van der Waals surface area (Å²) in [4.78, 5) is 2.52. The highest BCUT2D eigenvalue weighted by Gasteiger charge is 2.65. The molecular formula is C18H23NO3. The smallest absolute Gasteiger partial charge is 0.165 e. The van der Waals surface area contributed by atoms with Crippen molar-refractivity contribution in [2.45, 2.75) is 49.3 Å². The number of benzene rings is 1. The lowest BCUT2D eigenvalue weighted by Gasteiger charge is -2.58. The Labute approximate surface area is 131 Å². The fourth-order valence-electron chi connectivity index (χ4n) is 5.86. The summed E-state index contributed by atoms with van der Waals surface area (Å²) in [6, 6.07) is 4.83. The molecule has 0 radical (unpaired) electrons. The van der Waals surface area contributed by atoms with Crippen LogP contribution in [0.1, 0.15) is 30.4 Å². The zero-order chi connectivity index (χ0) is 15.1. The largest absolute Gasteiger partial charge is 0.493 e. The van der Waals surface area contributed by atoms with Gasteiger partial charge in [0, 0.05) is 17.0 Å². The van der Waals surface area contributed by atoms with E-state index >= 15 is 0 Å². The van der Waals surface area contributed by atoms with Crippen LogP contribution in [0.25, 0.3) is 0 Å². The van der Waals surface area contributed by atoms with Crippen LogP contribution >= 0.6 is 0 Å². The van der Waals surface area contributed by atoms with Crippen LogP contribution in [0.3, 0.4) is 0 Å². The molecule has 2 aliphatic carbocycles. The highest BCUT2D eigenvalue weighted by molar-refractivity contribution is 5.61. The summed E-state index contributed by atoms with van der Waals surface area (Å²) in [5.74, 6) is 2.34. The molecule has 4 aliphatic rings. The Hall–Kier alpha value is -1.26. The molecule has 1 aromatic rings.